The molecule has 1 aliphatic rings. The van der Waals surface area contributed by atoms with Gasteiger partial charge in [0.15, 0.2) is 11.5 Å². The van der Waals surface area contributed by atoms with Crippen LogP contribution in [0.25, 0.3) is 0 Å². The van der Waals surface area contributed by atoms with E-state index in [1.54, 1.807) is 25.1 Å². The van der Waals surface area contributed by atoms with E-state index in [-0.39, 0.29) is 5.91 Å². The smallest absolute Gasteiger partial charge is 0.252 e. The second-order valence-electron chi connectivity index (χ2n) is 6.24. The molecule has 0 aromatic heterocycles. The van der Waals surface area contributed by atoms with Gasteiger partial charge in [-0.3, -0.25) is 4.79 Å². The molecule has 0 saturated carbocycles. The van der Waals surface area contributed by atoms with E-state index in [1.807, 2.05) is 30.3 Å². The molecule has 3 rings (SSSR count). The van der Waals surface area contributed by atoms with Gasteiger partial charge in [0, 0.05) is 5.56 Å². The summed E-state index contributed by atoms with van der Waals surface area (Å²) in [4.78, 5) is 12.6. The monoisotopic (exact) mass is 336 g/mol. The number of benzene rings is 2. The summed E-state index contributed by atoms with van der Waals surface area (Å²) in [5, 5.41) is 12.4. The summed E-state index contributed by atoms with van der Waals surface area (Å²) in [7, 11) is 0. The topological polar surface area (TPSA) is 71.4 Å². The summed E-state index contributed by atoms with van der Waals surface area (Å²) in [6, 6.07) is 17.2. The van der Waals surface area contributed by atoms with E-state index in [4.69, 9.17) is 9.47 Å². The van der Waals surface area contributed by atoms with Gasteiger partial charge in [-0.25, -0.2) is 0 Å². The number of carbonyl (C=O) groups is 1. The first-order valence-electron chi connectivity index (χ1n) is 8.27. The number of nitrogens with zero attached hydrogens (tertiary/aromatic N) is 1. The highest BCUT2D eigenvalue weighted by molar-refractivity contribution is 5.95. The molecule has 1 atom stereocenters. The van der Waals surface area contributed by atoms with Gasteiger partial charge >= 0.3 is 0 Å². The van der Waals surface area contributed by atoms with E-state index in [0.717, 1.165) is 5.56 Å². The number of nitriles is 1. The predicted molar refractivity (Wildman–Crippen MR) is 93.7 cm³/mol. The van der Waals surface area contributed by atoms with Crippen LogP contribution in [0.1, 0.15) is 29.3 Å². The van der Waals surface area contributed by atoms with Crippen molar-refractivity contribution >= 4 is 5.91 Å². The van der Waals surface area contributed by atoms with Crippen molar-refractivity contribution in [1.82, 2.24) is 5.32 Å². The number of hydrogen-bond donors (Lipinski definition) is 1. The van der Waals surface area contributed by atoms with Gasteiger partial charge in [0.25, 0.3) is 5.91 Å². The maximum atomic E-state index is 12.6. The Morgan fingerprint density at radius 1 is 1.16 bits per heavy atom. The Balaban J connectivity index is 1.68. The van der Waals surface area contributed by atoms with Gasteiger partial charge < -0.3 is 14.8 Å². The number of carbonyl (C=O) groups excluding carboxylic acids is 1. The number of fused-ring (bicyclic) bond motifs is 1. The second kappa shape index (κ2) is 7.27. The fourth-order valence-electron chi connectivity index (χ4n) is 2.69. The first-order valence-corrected chi connectivity index (χ1v) is 8.27. The van der Waals surface area contributed by atoms with E-state index in [2.05, 4.69) is 11.4 Å². The summed E-state index contributed by atoms with van der Waals surface area (Å²) >= 11 is 0. The highest BCUT2D eigenvalue weighted by atomic mass is 16.6. The molecule has 1 heterocycles. The van der Waals surface area contributed by atoms with Gasteiger partial charge in [-0.2, -0.15) is 5.26 Å². The van der Waals surface area contributed by atoms with Crippen molar-refractivity contribution < 1.29 is 14.3 Å². The molecule has 2 aromatic carbocycles. The lowest BCUT2D eigenvalue weighted by atomic mass is 9.94. The Morgan fingerprint density at radius 2 is 1.88 bits per heavy atom. The van der Waals surface area contributed by atoms with Crippen molar-refractivity contribution in [1.29, 1.82) is 5.26 Å². The standard InChI is InChI=1S/C20H20N2O3/c1-20(14-21,10-9-15-5-3-2-4-6-15)22-19(23)16-7-8-17-18(13-16)25-12-11-24-17/h2-8,13H,9-12H2,1H3,(H,22,23)/t20-/m1/s1. The van der Waals surface area contributed by atoms with Crippen LogP contribution in [0.5, 0.6) is 11.5 Å². The summed E-state index contributed by atoms with van der Waals surface area (Å²) in [6.45, 7) is 2.71. The minimum Gasteiger partial charge on any atom is -0.486 e. The van der Waals surface area contributed by atoms with E-state index in [1.165, 1.54) is 0 Å². The van der Waals surface area contributed by atoms with Crippen LogP contribution >= 0.6 is 0 Å². The zero-order chi connectivity index (χ0) is 17.7. The van der Waals surface area contributed by atoms with Crippen molar-refractivity contribution in [3.8, 4) is 17.6 Å². The molecule has 5 nitrogen and oxygen atoms in total. The average molecular weight is 336 g/mol. The van der Waals surface area contributed by atoms with Crippen molar-refractivity contribution in [2.45, 2.75) is 25.3 Å². The fraction of sp³-hybridized carbons (Fsp3) is 0.300. The fourth-order valence-corrected chi connectivity index (χ4v) is 2.69. The predicted octanol–water partition coefficient (Wildman–Crippen LogP) is 3.10. The Kier molecular flexibility index (Phi) is 4.90. The summed E-state index contributed by atoms with van der Waals surface area (Å²) < 4.78 is 11.0. The first kappa shape index (κ1) is 16.8. The van der Waals surface area contributed by atoms with Crippen molar-refractivity contribution in [3.05, 3.63) is 59.7 Å². The van der Waals surface area contributed by atoms with Gasteiger partial charge in [0.05, 0.1) is 6.07 Å². The first-order chi connectivity index (χ1) is 12.1. The Hall–Kier alpha value is -3.00. The molecular weight excluding hydrogens is 316 g/mol. The van der Waals surface area contributed by atoms with E-state index < -0.39 is 5.54 Å². The SMILES string of the molecule is C[C@](C#N)(CCc1ccccc1)NC(=O)c1ccc2c(c1)OCCO2. The average Bonchev–Trinajstić information content (AvgIpc) is 2.67. The summed E-state index contributed by atoms with van der Waals surface area (Å²) in [5.41, 5.74) is 0.642. The quantitative estimate of drug-likeness (QED) is 0.911. The molecule has 5 heteroatoms. The van der Waals surface area contributed by atoms with Crippen LogP contribution in [-0.4, -0.2) is 24.7 Å². The molecule has 0 spiro atoms. The minimum atomic E-state index is -0.944. The number of nitrogens with one attached hydrogen (secondary N) is 1. The maximum absolute atomic E-state index is 12.6. The zero-order valence-corrected chi connectivity index (χ0v) is 14.1. The van der Waals surface area contributed by atoms with Crippen molar-refractivity contribution in [2.75, 3.05) is 13.2 Å². The molecule has 0 radical (unpaired) electrons. The number of amides is 1. The Labute approximate surface area is 147 Å². The highest BCUT2D eigenvalue weighted by Crippen LogP contribution is 2.30. The largest absolute Gasteiger partial charge is 0.486 e. The van der Waals surface area contributed by atoms with Crippen LogP contribution in [0.2, 0.25) is 0 Å². The normalized spacial score (nSPS) is 14.9. The lowest BCUT2D eigenvalue weighted by Gasteiger charge is -2.24. The molecule has 0 saturated heterocycles. The maximum Gasteiger partial charge on any atom is 0.252 e. The van der Waals surface area contributed by atoms with Crippen LogP contribution in [0.3, 0.4) is 0 Å². The van der Waals surface area contributed by atoms with Gasteiger partial charge in [0.1, 0.15) is 18.8 Å². The number of rotatable bonds is 5. The van der Waals surface area contributed by atoms with Gasteiger partial charge in [0.2, 0.25) is 0 Å². The summed E-state index contributed by atoms with van der Waals surface area (Å²) in [6.07, 6.45) is 1.25. The molecule has 1 N–H and O–H groups in total. The van der Waals surface area contributed by atoms with Gasteiger partial charge in [-0.15, -0.1) is 0 Å². The lowest BCUT2D eigenvalue weighted by Crippen LogP contribution is -2.45. The molecule has 0 fully saturated rings. The summed E-state index contributed by atoms with van der Waals surface area (Å²) in [5.74, 6) is 0.894. The molecule has 0 bridgehead atoms. The molecule has 1 aliphatic heterocycles. The van der Waals surface area contributed by atoms with E-state index in [0.29, 0.717) is 43.1 Å². The van der Waals surface area contributed by atoms with E-state index >= 15 is 0 Å². The Bertz CT molecular complexity index is 798. The molecule has 1 amide bonds. The molecular formula is C20H20N2O3. The number of aryl methyl sites for hydroxylation is 1. The third-order valence-electron chi connectivity index (χ3n) is 4.20. The second-order valence-corrected chi connectivity index (χ2v) is 6.24. The number of ether oxygens (including phenoxy) is 2. The van der Waals surface area contributed by atoms with E-state index in [9.17, 15) is 10.1 Å². The minimum absolute atomic E-state index is 0.297. The zero-order valence-electron chi connectivity index (χ0n) is 14.1. The number of hydrogen-bond acceptors (Lipinski definition) is 4. The van der Waals surface area contributed by atoms with Crippen LogP contribution in [0.4, 0.5) is 0 Å². The molecule has 25 heavy (non-hydrogen) atoms. The van der Waals surface area contributed by atoms with Crippen LogP contribution < -0.4 is 14.8 Å². The molecule has 0 aliphatic carbocycles. The molecule has 0 unspecified atom stereocenters. The Morgan fingerprint density at radius 3 is 2.60 bits per heavy atom. The third kappa shape index (κ3) is 4.10. The van der Waals surface area contributed by atoms with Crippen molar-refractivity contribution in [3.63, 3.8) is 0 Å². The van der Waals surface area contributed by atoms with Crippen LogP contribution in [0, 0.1) is 11.3 Å². The van der Waals surface area contributed by atoms with Crippen molar-refractivity contribution in [2.24, 2.45) is 0 Å². The lowest BCUT2D eigenvalue weighted by molar-refractivity contribution is 0.0920. The molecule has 128 valence electrons. The third-order valence-corrected chi connectivity index (χ3v) is 4.20. The highest BCUT2D eigenvalue weighted by Gasteiger charge is 2.27. The van der Waals surface area contributed by atoms with Crippen LogP contribution in [0.15, 0.2) is 48.5 Å². The molecule has 2 aromatic rings. The van der Waals surface area contributed by atoms with Gasteiger partial charge in [-0.1, -0.05) is 30.3 Å². The van der Waals surface area contributed by atoms with Crippen LogP contribution in [-0.2, 0) is 6.42 Å². The van der Waals surface area contributed by atoms with Gasteiger partial charge in [-0.05, 0) is 43.5 Å².